The Morgan fingerprint density at radius 3 is 2.20 bits per heavy atom. The molecule has 4 aromatic rings. The molecule has 10 nitrogen and oxygen atoms in total. The molecule has 1 saturated heterocycles. The topological polar surface area (TPSA) is 170 Å². The van der Waals surface area contributed by atoms with Crippen LogP contribution in [0.4, 0.5) is 10.1 Å². The van der Waals surface area contributed by atoms with E-state index in [0.717, 1.165) is 22.4 Å². The first kappa shape index (κ1) is 33.0. The maximum Gasteiger partial charge on any atom is 0.270 e. The van der Waals surface area contributed by atoms with Gasteiger partial charge in [0.15, 0.2) is 11.6 Å². The van der Waals surface area contributed by atoms with Crippen LogP contribution in [0.1, 0.15) is 70.0 Å². The van der Waals surface area contributed by atoms with Gasteiger partial charge in [0.25, 0.3) is 5.91 Å². The third-order valence-electron chi connectivity index (χ3n) is 8.65. The van der Waals surface area contributed by atoms with Crippen molar-refractivity contribution in [3.63, 3.8) is 0 Å². The standard InChI is InChI=1S/C35H38FN3O7/c36-26-10-8-24(9-11-26)30(42)15-14-28-32(25-6-1-23(2-7-25)17-18-35(45,20-40)21-41)39(34(28)44)27-12-3-22(4-13-27)5-16-31-38-29(19-46-31)33(37)43/h1-4,6-13,19,28,30,32,40-42,45H,5,14-18,20-21H2,(H2,37,43)/t28-,30+,32-/m1/s1. The Morgan fingerprint density at radius 2 is 1.59 bits per heavy atom. The van der Waals surface area contributed by atoms with Gasteiger partial charge in [0.1, 0.15) is 17.7 Å². The van der Waals surface area contributed by atoms with Crippen LogP contribution < -0.4 is 10.6 Å². The Kier molecular flexibility index (Phi) is 10.3. The minimum atomic E-state index is -1.56. The number of anilines is 1. The van der Waals surface area contributed by atoms with Crippen molar-refractivity contribution < 1.29 is 38.8 Å². The van der Waals surface area contributed by atoms with Crippen LogP contribution in [0, 0.1) is 11.7 Å². The molecule has 1 fully saturated rings. The average Bonchev–Trinajstić information content (AvgIpc) is 3.56. The summed E-state index contributed by atoms with van der Waals surface area (Å²) in [6.07, 6.45) is 2.83. The summed E-state index contributed by atoms with van der Waals surface area (Å²) >= 11 is 0. The summed E-state index contributed by atoms with van der Waals surface area (Å²) in [7, 11) is 0. The molecule has 2 heterocycles. The Balaban J connectivity index is 1.31. The number of halogens is 1. The summed E-state index contributed by atoms with van der Waals surface area (Å²) in [6.45, 7) is -1.08. The van der Waals surface area contributed by atoms with Crippen LogP contribution in [0.2, 0.25) is 0 Å². The molecule has 3 atom stereocenters. The molecule has 1 aliphatic heterocycles. The van der Waals surface area contributed by atoms with E-state index >= 15 is 0 Å². The largest absolute Gasteiger partial charge is 0.448 e. The van der Waals surface area contributed by atoms with E-state index in [1.807, 2.05) is 48.5 Å². The number of aliphatic hydroxyl groups is 4. The zero-order valence-corrected chi connectivity index (χ0v) is 25.3. The van der Waals surface area contributed by atoms with Gasteiger partial charge in [-0.1, -0.05) is 48.5 Å². The molecule has 0 bridgehead atoms. The number of carbonyl (C=O) groups is 2. The molecule has 0 unspecified atom stereocenters. The van der Waals surface area contributed by atoms with E-state index in [4.69, 9.17) is 10.2 Å². The van der Waals surface area contributed by atoms with Gasteiger partial charge in [-0.05, 0) is 78.6 Å². The van der Waals surface area contributed by atoms with Gasteiger partial charge in [-0.15, -0.1) is 0 Å². The Morgan fingerprint density at radius 1 is 0.957 bits per heavy atom. The van der Waals surface area contributed by atoms with Gasteiger partial charge in [0.05, 0.1) is 31.3 Å². The molecule has 242 valence electrons. The van der Waals surface area contributed by atoms with Crippen molar-refractivity contribution in [2.75, 3.05) is 18.1 Å². The van der Waals surface area contributed by atoms with Crippen LogP contribution in [-0.4, -0.2) is 56.0 Å². The summed E-state index contributed by atoms with van der Waals surface area (Å²) in [5.74, 6) is -1.09. The van der Waals surface area contributed by atoms with Crippen molar-refractivity contribution in [1.82, 2.24) is 4.98 Å². The predicted molar refractivity (Wildman–Crippen MR) is 167 cm³/mol. The van der Waals surface area contributed by atoms with E-state index in [1.54, 1.807) is 17.0 Å². The number of amides is 2. The van der Waals surface area contributed by atoms with Crippen molar-refractivity contribution in [3.05, 3.63) is 119 Å². The number of aromatic nitrogens is 1. The van der Waals surface area contributed by atoms with Gasteiger partial charge in [-0.25, -0.2) is 9.37 Å². The highest BCUT2D eigenvalue weighted by Crippen LogP contribution is 2.46. The molecular formula is C35H38FN3O7. The number of primary amides is 1. The number of carbonyl (C=O) groups excluding carboxylic acids is 2. The number of hydrogen-bond acceptors (Lipinski definition) is 8. The summed E-state index contributed by atoms with van der Waals surface area (Å²) in [4.78, 5) is 30.7. The third-order valence-corrected chi connectivity index (χ3v) is 8.65. The van der Waals surface area contributed by atoms with Crippen LogP contribution in [0.25, 0.3) is 0 Å². The SMILES string of the molecule is NC(=O)c1coc(CCc2ccc(N3C(=O)[C@H](CC[C@H](O)c4ccc(F)cc4)[C@H]3c3ccc(CCC(O)(CO)CO)cc3)cc2)n1. The van der Waals surface area contributed by atoms with E-state index < -0.39 is 30.8 Å². The minimum Gasteiger partial charge on any atom is -0.448 e. The van der Waals surface area contributed by atoms with Gasteiger partial charge >= 0.3 is 0 Å². The number of aliphatic hydroxyl groups excluding tert-OH is 3. The summed E-state index contributed by atoms with van der Waals surface area (Å²) in [5, 5.41) is 39.8. The number of aryl methyl sites for hydroxylation is 3. The number of nitrogens with two attached hydrogens (primary N) is 1. The van der Waals surface area contributed by atoms with Crippen LogP contribution in [0.15, 0.2) is 83.5 Å². The molecular weight excluding hydrogens is 593 g/mol. The van der Waals surface area contributed by atoms with Crippen LogP contribution in [0.5, 0.6) is 0 Å². The molecule has 46 heavy (non-hydrogen) atoms. The van der Waals surface area contributed by atoms with Crippen LogP contribution >= 0.6 is 0 Å². The summed E-state index contributed by atoms with van der Waals surface area (Å²) < 4.78 is 18.7. The highest BCUT2D eigenvalue weighted by molar-refractivity contribution is 6.03. The first-order valence-electron chi connectivity index (χ1n) is 15.2. The summed E-state index contributed by atoms with van der Waals surface area (Å²) in [5.41, 5.74) is 7.87. The monoisotopic (exact) mass is 631 g/mol. The van der Waals surface area contributed by atoms with E-state index in [-0.39, 0.29) is 35.8 Å². The van der Waals surface area contributed by atoms with Gasteiger partial charge in [0, 0.05) is 12.1 Å². The number of oxazole rings is 1. The van der Waals surface area contributed by atoms with Gasteiger partial charge in [-0.3, -0.25) is 9.59 Å². The number of hydrogen-bond donors (Lipinski definition) is 5. The fourth-order valence-corrected chi connectivity index (χ4v) is 5.77. The van der Waals surface area contributed by atoms with Gasteiger partial charge in [-0.2, -0.15) is 0 Å². The Bertz CT molecular complexity index is 1620. The zero-order chi connectivity index (χ0) is 32.8. The highest BCUT2D eigenvalue weighted by atomic mass is 19.1. The molecule has 5 rings (SSSR count). The molecule has 0 spiro atoms. The van der Waals surface area contributed by atoms with E-state index in [1.165, 1.54) is 18.4 Å². The lowest BCUT2D eigenvalue weighted by atomic mass is 9.78. The fraction of sp³-hybridized carbons (Fsp3) is 0.343. The fourth-order valence-electron chi connectivity index (χ4n) is 5.77. The van der Waals surface area contributed by atoms with Crippen molar-refractivity contribution in [1.29, 1.82) is 0 Å². The molecule has 0 saturated carbocycles. The Hall–Kier alpha value is -4.42. The molecule has 0 aliphatic carbocycles. The molecule has 0 radical (unpaired) electrons. The summed E-state index contributed by atoms with van der Waals surface area (Å²) in [6, 6.07) is 20.7. The maximum absolute atomic E-state index is 13.6. The molecule has 6 N–H and O–H groups in total. The zero-order valence-electron chi connectivity index (χ0n) is 25.3. The van der Waals surface area contributed by atoms with Crippen molar-refractivity contribution in [2.45, 2.75) is 56.3 Å². The molecule has 1 aromatic heterocycles. The van der Waals surface area contributed by atoms with Crippen LogP contribution in [-0.2, 0) is 24.1 Å². The third kappa shape index (κ3) is 7.51. The first-order valence-corrected chi connectivity index (χ1v) is 15.2. The van der Waals surface area contributed by atoms with Gasteiger partial charge < -0.3 is 35.5 Å². The second-order valence-corrected chi connectivity index (χ2v) is 11.8. The Labute approximate surface area is 265 Å². The van der Waals surface area contributed by atoms with E-state index in [9.17, 15) is 34.4 Å². The lowest BCUT2D eigenvalue weighted by Gasteiger charge is -2.48. The normalized spacial score (nSPS) is 17.2. The van der Waals surface area contributed by atoms with Crippen molar-refractivity contribution in [2.24, 2.45) is 11.7 Å². The van der Waals surface area contributed by atoms with Crippen LogP contribution in [0.3, 0.4) is 0 Å². The van der Waals surface area contributed by atoms with Crippen molar-refractivity contribution >= 4 is 17.5 Å². The van der Waals surface area contributed by atoms with Crippen molar-refractivity contribution in [3.8, 4) is 0 Å². The van der Waals surface area contributed by atoms with E-state index in [0.29, 0.717) is 43.6 Å². The number of benzene rings is 3. The quantitative estimate of drug-likeness (QED) is 0.124. The molecule has 11 heteroatoms. The molecule has 3 aromatic carbocycles. The predicted octanol–water partition coefficient (Wildman–Crippen LogP) is 3.56. The van der Waals surface area contributed by atoms with Gasteiger partial charge in [0.2, 0.25) is 5.91 Å². The second kappa shape index (κ2) is 14.3. The lowest BCUT2D eigenvalue weighted by molar-refractivity contribution is -0.131. The average molecular weight is 632 g/mol. The number of rotatable bonds is 15. The number of β-lactam (4-membered cyclic amide) rings is 1. The first-order chi connectivity index (χ1) is 22.1. The lowest BCUT2D eigenvalue weighted by Crippen LogP contribution is -2.55. The molecule has 1 aliphatic rings. The minimum absolute atomic E-state index is 0.0668. The number of nitrogens with zero attached hydrogens (tertiary/aromatic N) is 2. The maximum atomic E-state index is 13.6. The highest BCUT2D eigenvalue weighted by Gasteiger charge is 2.48. The second-order valence-electron chi connectivity index (χ2n) is 11.8. The smallest absolute Gasteiger partial charge is 0.270 e. The van der Waals surface area contributed by atoms with E-state index in [2.05, 4.69) is 4.98 Å². The molecule has 2 amide bonds.